The van der Waals surface area contributed by atoms with Crippen molar-refractivity contribution in [3.8, 4) is 0 Å². The second-order valence-corrected chi connectivity index (χ2v) is 6.44. The van der Waals surface area contributed by atoms with Gasteiger partial charge in [-0.3, -0.25) is 4.79 Å². The number of rotatable bonds is 4. The van der Waals surface area contributed by atoms with Crippen LogP contribution in [0.4, 0.5) is 0 Å². The molecule has 1 atom stereocenters. The SMILES string of the molecule is CC(N)c1nc(C(=O)N(C)CC2CCCCC2)cs1. The lowest BCUT2D eigenvalue weighted by Crippen LogP contribution is -2.32. The van der Waals surface area contributed by atoms with Crippen LogP contribution in [-0.4, -0.2) is 29.4 Å². The zero-order valence-electron chi connectivity index (χ0n) is 11.8. The Kier molecular flexibility index (Phi) is 4.93. The minimum Gasteiger partial charge on any atom is -0.340 e. The zero-order valence-corrected chi connectivity index (χ0v) is 12.6. The van der Waals surface area contributed by atoms with Gasteiger partial charge in [-0.05, 0) is 25.7 Å². The molecular formula is C14H23N3OS. The quantitative estimate of drug-likeness (QED) is 0.923. The van der Waals surface area contributed by atoms with Gasteiger partial charge in [0, 0.05) is 19.0 Å². The van der Waals surface area contributed by atoms with Crippen LogP contribution in [0.3, 0.4) is 0 Å². The molecule has 1 aliphatic carbocycles. The molecule has 0 aliphatic heterocycles. The average molecular weight is 281 g/mol. The summed E-state index contributed by atoms with van der Waals surface area (Å²) >= 11 is 1.47. The van der Waals surface area contributed by atoms with Gasteiger partial charge in [0.25, 0.3) is 5.91 Å². The lowest BCUT2D eigenvalue weighted by atomic mass is 9.89. The summed E-state index contributed by atoms with van der Waals surface area (Å²) in [6.45, 7) is 2.74. The van der Waals surface area contributed by atoms with E-state index in [-0.39, 0.29) is 11.9 Å². The number of carbonyl (C=O) groups is 1. The summed E-state index contributed by atoms with van der Waals surface area (Å²) in [7, 11) is 1.88. The number of nitrogens with two attached hydrogens (primary N) is 1. The molecule has 1 amide bonds. The van der Waals surface area contributed by atoms with Crippen LogP contribution in [0.5, 0.6) is 0 Å². The molecule has 1 aliphatic rings. The van der Waals surface area contributed by atoms with E-state index in [0.717, 1.165) is 11.6 Å². The van der Waals surface area contributed by atoms with Gasteiger partial charge < -0.3 is 10.6 Å². The second kappa shape index (κ2) is 6.48. The Labute approximate surface area is 119 Å². The fourth-order valence-electron chi connectivity index (χ4n) is 2.63. The zero-order chi connectivity index (χ0) is 13.8. The molecule has 2 N–H and O–H groups in total. The Balaban J connectivity index is 1.93. The highest BCUT2D eigenvalue weighted by atomic mass is 32.1. The number of aromatic nitrogens is 1. The van der Waals surface area contributed by atoms with E-state index in [9.17, 15) is 4.79 Å². The molecule has 1 aromatic heterocycles. The lowest BCUT2D eigenvalue weighted by molar-refractivity contribution is 0.0755. The summed E-state index contributed by atoms with van der Waals surface area (Å²) in [5.74, 6) is 0.683. The normalized spacial score (nSPS) is 18.3. The number of hydrogen-bond donors (Lipinski definition) is 1. The van der Waals surface area contributed by atoms with Crippen molar-refractivity contribution < 1.29 is 4.79 Å². The van der Waals surface area contributed by atoms with E-state index >= 15 is 0 Å². The number of thiazole rings is 1. The molecule has 1 aromatic rings. The van der Waals surface area contributed by atoms with Crippen LogP contribution in [0.1, 0.15) is 60.6 Å². The highest BCUT2D eigenvalue weighted by Gasteiger charge is 2.21. The molecule has 19 heavy (non-hydrogen) atoms. The molecule has 1 unspecified atom stereocenters. The third-order valence-electron chi connectivity index (χ3n) is 3.73. The first-order valence-electron chi connectivity index (χ1n) is 7.04. The van der Waals surface area contributed by atoms with Gasteiger partial charge >= 0.3 is 0 Å². The van der Waals surface area contributed by atoms with Crippen molar-refractivity contribution >= 4 is 17.2 Å². The summed E-state index contributed by atoms with van der Waals surface area (Å²) in [5.41, 5.74) is 6.31. The maximum atomic E-state index is 12.3. The van der Waals surface area contributed by atoms with Crippen molar-refractivity contribution in [2.75, 3.05) is 13.6 Å². The molecule has 0 radical (unpaired) electrons. The third kappa shape index (κ3) is 3.76. The van der Waals surface area contributed by atoms with Gasteiger partial charge in [0.2, 0.25) is 0 Å². The van der Waals surface area contributed by atoms with Gasteiger partial charge in [-0.1, -0.05) is 19.3 Å². The van der Waals surface area contributed by atoms with Crippen LogP contribution in [0.25, 0.3) is 0 Å². The fourth-order valence-corrected chi connectivity index (χ4v) is 3.38. The van der Waals surface area contributed by atoms with Crippen LogP contribution >= 0.6 is 11.3 Å². The Hall–Kier alpha value is -0.940. The van der Waals surface area contributed by atoms with E-state index < -0.39 is 0 Å². The second-order valence-electron chi connectivity index (χ2n) is 5.55. The van der Waals surface area contributed by atoms with Gasteiger partial charge in [0.15, 0.2) is 0 Å². The van der Waals surface area contributed by atoms with E-state index in [0.29, 0.717) is 11.6 Å². The molecular weight excluding hydrogens is 258 g/mol. The summed E-state index contributed by atoms with van der Waals surface area (Å²) < 4.78 is 0. The number of hydrogen-bond acceptors (Lipinski definition) is 4. The Morgan fingerprint density at radius 1 is 1.53 bits per heavy atom. The van der Waals surface area contributed by atoms with E-state index in [1.54, 1.807) is 0 Å². The van der Waals surface area contributed by atoms with Gasteiger partial charge in [0.05, 0.1) is 6.04 Å². The minimum absolute atomic E-state index is 0.0220. The first-order valence-corrected chi connectivity index (χ1v) is 7.92. The molecule has 5 heteroatoms. The average Bonchev–Trinajstić information content (AvgIpc) is 2.88. The van der Waals surface area contributed by atoms with Crippen molar-refractivity contribution in [1.29, 1.82) is 0 Å². The van der Waals surface area contributed by atoms with Crippen molar-refractivity contribution in [2.45, 2.75) is 45.1 Å². The lowest BCUT2D eigenvalue weighted by Gasteiger charge is -2.26. The molecule has 0 saturated heterocycles. The molecule has 4 nitrogen and oxygen atoms in total. The van der Waals surface area contributed by atoms with Crippen molar-refractivity contribution in [1.82, 2.24) is 9.88 Å². The Morgan fingerprint density at radius 2 is 2.21 bits per heavy atom. The van der Waals surface area contributed by atoms with Crippen LogP contribution in [-0.2, 0) is 0 Å². The molecule has 1 heterocycles. The van der Waals surface area contributed by atoms with Crippen molar-refractivity contribution in [2.24, 2.45) is 11.7 Å². The number of nitrogens with zero attached hydrogens (tertiary/aromatic N) is 2. The number of carbonyl (C=O) groups excluding carboxylic acids is 1. The molecule has 0 bridgehead atoms. The predicted octanol–water partition coefficient (Wildman–Crippen LogP) is 2.82. The maximum Gasteiger partial charge on any atom is 0.273 e. The Bertz CT molecular complexity index is 424. The minimum atomic E-state index is -0.102. The van der Waals surface area contributed by atoms with E-state index in [1.807, 2.05) is 24.3 Å². The third-order valence-corrected chi connectivity index (χ3v) is 4.78. The van der Waals surface area contributed by atoms with Crippen molar-refractivity contribution in [3.63, 3.8) is 0 Å². The topological polar surface area (TPSA) is 59.2 Å². The van der Waals surface area contributed by atoms with E-state index in [1.165, 1.54) is 43.4 Å². The largest absolute Gasteiger partial charge is 0.340 e. The van der Waals surface area contributed by atoms with Crippen LogP contribution in [0.2, 0.25) is 0 Å². The maximum absolute atomic E-state index is 12.3. The molecule has 106 valence electrons. The standard InChI is InChI=1S/C14H23N3OS/c1-10(15)13-16-12(9-19-13)14(18)17(2)8-11-6-4-3-5-7-11/h9-11H,3-8,15H2,1-2H3. The highest BCUT2D eigenvalue weighted by molar-refractivity contribution is 7.09. The van der Waals surface area contributed by atoms with Crippen molar-refractivity contribution in [3.05, 3.63) is 16.1 Å². The van der Waals surface area contributed by atoms with Gasteiger partial charge in [0.1, 0.15) is 10.7 Å². The predicted molar refractivity (Wildman–Crippen MR) is 78.3 cm³/mol. The smallest absolute Gasteiger partial charge is 0.273 e. The number of amides is 1. The van der Waals surface area contributed by atoms with Gasteiger partial charge in [-0.25, -0.2) is 4.98 Å². The van der Waals surface area contributed by atoms with Gasteiger partial charge in [-0.15, -0.1) is 11.3 Å². The molecule has 2 rings (SSSR count). The van der Waals surface area contributed by atoms with Gasteiger partial charge in [-0.2, -0.15) is 0 Å². The molecule has 1 fully saturated rings. The fraction of sp³-hybridized carbons (Fsp3) is 0.714. The summed E-state index contributed by atoms with van der Waals surface area (Å²) in [5, 5.41) is 2.65. The summed E-state index contributed by atoms with van der Waals surface area (Å²) in [6.07, 6.45) is 6.45. The van der Waals surface area contributed by atoms with Crippen LogP contribution in [0, 0.1) is 5.92 Å². The molecule has 0 spiro atoms. The summed E-state index contributed by atoms with van der Waals surface area (Å²) in [4.78, 5) is 18.4. The molecule has 1 saturated carbocycles. The first-order chi connectivity index (χ1) is 9.08. The monoisotopic (exact) mass is 281 g/mol. The summed E-state index contributed by atoms with van der Waals surface area (Å²) in [6, 6.07) is -0.102. The molecule has 0 aromatic carbocycles. The Morgan fingerprint density at radius 3 is 2.79 bits per heavy atom. The van der Waals surface area contributed by atoms with Crippen LogP contribution < -0.4 is 5.73 Å². The van der Waals surface area contributed by atoms with E-state index in [2.05, 4.69) is 4.98 Å². The van der Waals surface area contributed by atoms with E-state index in [4.69, 9.17) is 5.73 Å². The highest BCUT2D eigenvalue weighted by Crippen LogP contribution is 2.24. The van der Waals surface area contributed by atoms with Crippen LogP contribution in [0.15, 0.2) is 5.38 Å². The first kappa shape index (κ1) is 14.5.